The maximum atomic E-state index is 12.3. The van der Waals surface area contributed by atoms with Crippen LogP contribution in [0.5, 0.6) is 11.5 Å². The molecule has 0 aliphatic carbocycles. The van der Waals surface area contributed by atoms with Crippen LogP contribution in [0.2, 0.25) is 5.15 Å². The van der Waals surface area contributed by atoms with Crippen LogP contribution in [0.3, 0.4) is 0 Å². The number of rotatable bonds is 13. The number of hydrogen-bond donors (Lipinski definition) is 1. The second-order valence-electron chi connectivity index (χ2n) is 9.07. The van der Waals surface area contributed by atoms with Crippen molar-refractivity contribution in [3.8, 4) is 11.5 Å². The summed E-state index contributed by atoms with van der Waals surface area (Å²) in [5.41, 5.74) is 1.13. The molecule has 1 aliphatic rings. The highest BCUT2D eigenvalue weighted by Gasteiger charge is 2.17. The van der Waals surface area contributed by atoms with Crippen LogP contribution in [0.1, 0.15) is 38.2 Å². The number of hydrogen-bond acceptors (Lipinski definition) is 8. The van der Waals surface area contributed by atoms with Crippen LogP contribution in [-0.4, -0.2) is 80.0 Å². The summed E-state index contributed by atoms with van der Waals surface area (Å²) in [6.07, 6.45) is 5.63. The predicted molar refractivity (Wildman–Crippen MR) is 147 cm³/mol. The Morgan fingerprint density at radius 1 is 1.22 bits per heavy atom. The molecule has 1 saturated heterocycles. The Hall–Kier alpha value is -2.23. The second kappa shape index (κ2) is 14.5. The number of piperidine rings is 1. The first kappa shape index (κ1) is 28.3. The van der Waals surface area contributed by atoms with E-state index in [9.17, 15) is 4.79 Å². The van der Waals surface area contributed by atoms with Gasteiger partial charge in [-0.2, -0.15) is 0 Å². The van der Waals surface area contributed by atoms with Crippen molar-refractivity contribution in [3.63, 3.8) is 0 Å². The highest BCUT2D eigenvalue weighted by Crippen LogP contribution is 2.28. The Morgan fingerprint density at radius 2 is 2.03 bits per heavy atom. The standard InChI is InChI=1S/C26H38ClN5O3S/c1-19-8-5-6-13-32(19)14-7-12-28-25(33)18-36-26-29-23(27)17-24(30-26)31(2)15-11-20-9-10-21(34-3)22(16-20)35-4/h9-10,16-17,19H,5-8,11-15,18H2,1-4H3,(H,28,33). The van der Waals surface area contributed by atoms with E-state index >= 15 is 0 Å². The van der Waals surface area contributed by atoms with E-state index in [-0.39, 0.29) is 11.7 Å². The normalized spacial score (nSPS) is 16.0. The summed E-state index contributed by atoms with van der Waals surface area (Å²) in [7, 11) is 5.22. The first-order valence-electron chi connectivity index (χ1n) is 12.5. The van der Waals surface area contributed by atoms with Gasteiger partial charge < -0.3 is 24.6 Å². The fraction of sp³-hybridized carbons (Fsp3) is 0.577. The molecule has 1 atom stereocenters. The van der Waals surface area contributed by atoms with Crippen LogP contribution in [-0.2, 0) is 11.2 Å². The number of ether oxygens (including phenoxy) is 2. The van der Waals surface area contributed by atoms with E-state index in [2.05, 4.69) is 27.1 Å². The third-order valence-corrected chi connectivity index (χ3v) is 7.49. The van der Waals surface area contributed by atoms with E-state index in [4.69, 9.17) is 21.1 Å². The number of likely N-dealkylation sites (tertiary alicyclic amines) is 1. The second-order valence-corrected chi connectivity index (χ2v) is 10.4. The molecule has 1 aromatic carbocycles. The monoisotopic (exact) mass is 535 g/mol. The minimum absolute atomic E-state index is 0.0152. The number of likely N-dealkylation sites (N-methyl/N-ethyl adjacent to an activating group) is 1. The van der Waals surface area contributed by atoms with Crippen LogP contribution < -0.4 is 19.7 Å². The lowest BCUT2D eigenvalue weighted by Crippen LogP contribution is -2.39. The molecule has 36 heavy (non-hydrogen) atoms. The van der Waals surface area contributed by atoms with Crippen molar-refractivity contribution in [1.82, 2.24) is 20.2 Å². The molecule has 2 heterocycles. The SMILES string of the molecule is COc1ccc(CCN(C)c2cc(Cl)nc(SCC(=O)NCCCN3CCCCC3C)n2)cc1OC. The summed E-state index contributed by atoms with van der Waals surface area (Å²) >= 11 is 7.56. The van der Waals surface area contributed by atoms with Crippen LogP contribution in [0, 0.1) is 0 Å². The van der Waals surface area contributed by atoms with Gasteiger partial charge in [0.15, 0.2) is 16.7 Å². The van der Waals surface area contributed by atoms with Crippen molar-refractivity contribution in [2.24, 2.45) is 0 Å². The molecule has 1 amide bonds. The van der Waals surface area contributed by atoms with E-state index in [1.807, 2.05) is 30.1 Å². The van der Waals surface area contributed by atoms with Crippen molar-refractivity contribution >= 4 is 35.1 Å². The number of methoxy groups -OCH3 is 2. The van der Waals surface area contributed by atoms with Crippen LogP contribution in [0.25, 0.3) is 0 Å². The Labute approximate surface area is 224 Å². The molecule has 1 N–H and O–H groups in total. The van der Waals surface area contributed by atoms with E-state index < -0.39 is 0 Å². The third kappa shape index (κ3) is 8.71. The number of aromatic nitrogens is 2. The number of carbonyl (C=O) groups is 1. The summed E-state index contributed by atoms with van der Waals surface area (Å²) in [4.78, 5) is 25.8. The quantitative estimate of drug-likeness (QED) is 0.176. The van der Waals surface area contributed by atoms with Crippen molar-refractivity contribution in [3.05, 3.63) is 35.0 Å². The van der Waals surface area contributed by atoms with Gasteiger partial charge in [-0.1, -0.05) is 35.9 Å². The van der Waals surface area contributed by atoms with Gasteiger partial charge in [-0.3, -0.25) is 4.79 Å². The molecule has 1 aromatic heterocycles. The van der Waals surface area contributed by atoms with E-state index in [1.54, 1.807) is 20.3 Å². The van der Waals surface area contributed by atoms with Crippen molar-refractivity contribution in [2.75, 3.05) is 58.1 Å². The number of carbonyl (C=O) groups excluding carboxylic acids is 1. The topological polar surface area (TPSA) is 79.8 Å². The van der Waals surface area contributed by atoms with Gasteiger partial charge in [0.05, 0.1) is 20.0 Å². The number of anilines is 1. The summed E-state index contributed by atoms with van der Waals surface area (Å²) in [6, 6.07) is 8.30. The van der Waals surface area contributed by atoms with Gasteiger partial charge in [0.1, 0.15) is 11.0 Å². The molecule has 10 heteroatoms. The molecule has 0 spiro atoms. The average molecular weight is 536 g/mol. The van der Waals surface area contributed by atoms with Gasteiger partial charge in [0.2, 0.25) is 5.91 Å². The summed E-state index contributed by atoms with van der Waals surface area (Å²) in [6.45, 7) is 5.90. The van der Waals surface area contributed by atoms with E-state index in [0.29, 0.717) is 40.2 Å². The largest absolute Gasteiger partial charge is 0.493 e. The number of nitrogens with one attached hydrogen (secondary N) is 1. The minimum atomic E-state index is -0.0152. The Kier molecular flexibility index (Phi) is 11.4. The number of amides is 1. The first-order chi connectivity index (χ1) is 17.4. The first-order valence-corrected chi connectivity index (χ1v) is 13.9. The maximum Gasteiger partial charge on any atom is 0.230 e. The number of benzene rings is 1. The molecule has 8 nitrogen and oxygen atoms in total. The predicted octanol–water partition coefficient (Wildman–Crippen LogP) is 4.30. The van der Waals surface area contributed by atoms with Crippen LogP contribution in [0.4, 0.5) is 5.82 Å². The van der Waals surface area contributed by atoms with Gasteiger partial charge in [0.25, 0.3) is 0 Å². The van der Waals surface area contributed by atoms with Crippen LogP contribution in [0.15, 0.2) is 29.4 Å². The highest BCUT2D eigenvalue weighted by atomic mass is 35.5. The van der Waals surface area contributed by atoms with E-state index in [0.717, 1.165) is 31.5 Å². The number of thioether (sulfide) groups is 1. The Balaban J connectivity index is 1.44. The molecule has 1 aliphatic heterocycles. The van der Waals surface area contributed by atoms with Crippen molar-refractivity contribution in [1.29, 1.82) is 0 Å². The van der Waals surface area contributed by atoms with Gasteiger partial charge in [-0.15, -0.1) is 0 Å². The molecular weight excluding hydrogens is 498 g/mol. The van der Waals surface area contributed by atoms with E-state index in [1.165, 1.54) is 37.6 Å². The third-order valence-electron chi connectivity index (χ3n) is 6.45. The summed E-state index contributed by atoms with van der Waals surface area (Å²) in [5, 5.41) is 3.86. The van der Waals surface area contributed by atoms with Crippen molar-refractivity contribution < 1.29 is 14.3 Å². The van der Waals surface area contributed by atoms with Gasteiger partial charge in [-0.05, 0) is 56.8 Å². The van der Waals surface area contributed by atoms with Crippen molar-refractivity contribution in [2.45, 2.75) is 50.2 Å². The lowest BCUT2D eigenvalue weighted by atomic mass is 10.0. The lowest BCUT2D eigenvalue weighted by molar-refractivity contribution is -0.118. The Morgan fingerprint density at radius 3 is 2.78 bits per heavy atom. The van der Waals surface area contributed by atoms with Gasteiger partial charge in [0, 0.05) is 38.8 Å². The number of halogens is 1. The summed E-state index contributed by atoms with van der Waals surface area (Å²) < 4.78 is 10.7. The average Bonchev–Trinajstić information content (AvgIpc) is 2.88. The van der Waals surface area contributed by atoms with Gasteiger partial charge >= 0.3 is 0 Å². The highest BCUT2D eigenvalue weighted by molar-refractivity contribution is 7.99. The molecule has 1 fully saturated rings. The molecule has 0 bridgehead atoms. The zero-order chi connectivity index (χ0) is 25.9. The minimum Gasteiger partial charge on any atom is -0.493 e. The number of nitrogens with zero attached hydrogens (tertiary/aromatic N) is 4. The summed E-state index contributed by atoms with van der Waals surface area (Å²) in [5.74, 6) is 2.38. The maximum absolute atomic E-state index is 12.3. The fourth-order valence-corrected chi connectivity index (χ4v) is 5.18. The zero-order valence-corrected chi connectivity index (χ0v) is 23.3. The fourth-order valence-electron chi connectivity index (χ4n) is 4.27. The smallest absolute Gasteiger partial charge is 0.230 e. The molecule has 198 valence electrons. The Bertz CT molecular complexity index is 996. The molecule has 2 aromatic rings. The van der Waals surface area contributed by atoms with Gasteiger partial charge in [-0.25, -0.2) is 9.97 Å². The molecule has 0 saturated carbocycles. The molecule has 0 radical (unpaired) electrons. The molecule has 3 rings (SSSR count). The molecule has 1 unspecified atom stereocenters. The van der Waals surface area contributed by atoms with Crippen LogP contribution >= 0.6 is 23.4 Å². The zero-order valence-electron chi connectivity index (χ0n) is 21.8. The lowest BCUT2D eigenvalue weighted by Gasteiger charge is -2.33. The molecular formula is C26H38ClN5O3S.